The summed E-state index contributed by atoms with van der Waals surface area (Å²) in [5, 5.41) is 4.33. The number of carbonyl (C=O) groups is 2. The molecule has 0 fully saturated rings. The molecule has 1 heterocycles. The van der Waals surface area contributed by atoms with E-state index in [1.165, 1.54) is 7.11 Å². The minimum atomic E-state index is -0.493. The number of halogens is 1. The summed E-state index contributed by atoms with van der Waals surface area (Å²) in [6.07, 6.45) is 1.96. The van der Waals surface area contributed by atoms with Gasteiger partial charge in [0.05, 0.1) is 24.8 Å². The monoisotopic (exact) mass is 342 g/mol. The molecule has 3 aromatic rings. The van der Waals surface area contributed by atoms with E-state index in [2.05, 4.69) is 10.3 Å². The summed E-state index contributed by atoms with van der Waals surface area (Å²) < 4.78 is 4.73. The third-order valence-corrected chi connectivity index (χ3v) is 3.92. The van der Waals surface area contributed by atoms with Crippen molar-refractivity contribution in [2.45, 2.75) is 6.42 Å². The molecule has 0 saturated heterocycles. The largest absolute Gasteiger partial charge is 0.465 e. The van der Waals surface area contributed by atoms with Gasteiger partial charge >= 0.3 is 5.97 Å². The van der Waals surface area contributed by atoms with Crippen molar-refractivity contribution >= 4 is 40.1 Å². The van der Waals surface area contributed by atoms with E-state index in [0.29, 0.717) is 16.3 Å². The zero-order valence-corrected chi connectivity index (χ0v) is 13.7. The number of benzene rings is 2. The molecule has 2 aromatic carbocycles. The number of para-hydroxylation sites is 1. The number of H-pyrrole nitrogens is 1. The zero-order chi connectivity index (χ0) is 17.1. The zero-order valence-electron chi connectivity index (χ0n) is 12.9. The second kappa shape index (κ2) is 6.76. The Morgan fingerprint density at radius 3 is 2.79 bits per heavy atom. The van der Waals surface area contributed by atoms with Gasteiger partial charge < -0.3 is 15.0 Å². The van der Waals surface area contributed by atoms with Crippen LogP contribution in [0.1, 0.15) is 15.9 Å². The van der Waals surface area contributed by atoms with E-state index in [9.17, 15) is 9.59 Å². The Balaban J connectivity index is 1.80. The molecule has 24 heavy (non-hydrogen) atoms. The highest BCUT2D eigenvalue weighted by Crippen LogP contribution is 2.23. The molecule has 2 N–H and O–H groups in total. The van der Waals surface area contributed by atoms with Gasteiger partial charge in [-0.05, 0) is 29.8 Å². The van der Waals surface area contributed by atoms with Gasteiger partial charge in [-0.2, -0.15) is 0 Å². The number of hydrogen-bond donors (Lipinski definition) is 2. The Hall–Kier alpha value is -2.79. The molecule has 0 bridgehead atoms. The summed E-state index contributed by atoms with van der Waals surface area (Å²) in [4.78, 5) is 27.2. The van der Waals surface area contributed by atoms with Crippen LogP contribution in [-0.2, 0) is 16.0 Å². The van der Waals surface area contributed by atoms with Crippen molar-refractivity contribution in [1.29, 1.82) is 0 Å². The summed E-state index contributed by atoms with van der Waals surface area (Å²) >= 11 is 5.96. The van der Waals surface area contributed by atoms with E-state index >= 15 is 0 Å². The fourth-order valence-corrected chi connectivity index (χ4v) is 2.72. The number of aromatic amines is 1. The molecule has 0 aliphatic rings. The van der Waals surface area contributed by atoms with Crippen LogP contribution in [0, 0.1) is 0 Å². The van der Waals surface area contributed by atoms with Gasteiger partial charge in [-0.25, -0.2) is 4.79 Å². The molecule has 3 rings (SSSR count). The average molecular weight is 343 g/mol. The van der Waals surface area contributed by atoms with E-state index in [1.807, 2.05) is 12.1 Å². The van der Waals surface area contributed by atoms with Crippen molar-refractivity contribution in [1.82, 2.24) is 4.98 Å². The van der Waals surface area contributed by atoms with Gasteiger partial charge in [-0.3, -0.25) is 4.79 Å². The molecule has 0 aliphatic carbocycles. The van der Waals surface area contributed by atoms with Crippen molar-refractivity contribution < 1.29 is 14.3 Å². The van der Waals surface area contributed by atoms with E-state index in [0.717, 1.165) is 16.5 Å². The SMILES string of the molecule is COC(=O)c1ccccc1NC(=O)Cc1c[nH]c2cc(Cl)ccc12. The van der Waals surface area contributed by atoms with E-state index in [4.69, 9.17) is 16.3 Å². The Morgan fingerprint density at radius 2 is 2.00 bits per heavy atom. The Bertz CT molecular complexity index is 918. The number of methoxy groups -OCH3 is 1. The lowest BCUT2D eigenvalue weighted by molar-refractivity contribution is -0.115. The van der Waals surface area contributed by atoms with Gasteiger partial charge in [0, 0.05) is 22.1 Å². The number of anilines is 1. The van der Waals surface area contributed by atoms with Gasteiger partial charge in [-0.1, -0.05) is 29.8 Å². The van der Waals surface area contributed by atoms with Crippen molar-refractivity contribution in [3.63, 3.8) is 0 Å². The molecular formula is C18H15ClN2O3. The summed E-state index contributed by atoms with van der Waals surface area (Å²) in [6, 6.07) is 12.2. The Morgan fingerprint density at radius 1 is 1.21 bits per heavy atom. The molecule has 0 saturated carbocycles. The first-order chi connectivity index (χ1) is 11.6. The fourth-order valence-electron chi connectivity index (χ4n) is 2.55. The maximum atomic E-state index is 12.4. The van der Waals surface area contributed by atoms with E-state index in [-0.39, 0.29) is 12.3 Å². The average Bonchev–Trinajstić information content (AvgIpc) is 2.96. The fraction of sp³-hybridized carbons (Fsp3) is 0.111. The van der Waals surface area contributed by atoms with Crippen LogP contribution in [-0.4, -0.2) is 24.0 Å². The number of fused-ring (bicyclic) bond motifs is 1. The number of hydrogen-bond acceptors (Lipinski definition) is 3. The molecule has 0 aliphatic heterocycles. The smallest absolute Gasteiger partial charge is 0.339 e. The normalized spacial score (nSPS) is 10.6. The quantitative estimate of drug-likeness (QED) is 0.709. The van der Waals surface area contributed by atoms with Gasteiger partial charge in [0.15, 0.2) is 0 Å². The minimum absolute atomic E-state index is 0.178. The van der Waals surface area contributed by atoms with Crippen LogP contribution in [0.25, 0.3) is 10.9 Å². The molecule has 5 nitrogen and oxygen atoms in total. The highest BCUT2D eigenvalue weighted by atomic mass is 35.5. The maximum Gasteiger partial charge on any atom is 0.339 e. The number of rotatable bonds is 4. The molecule has 0 unspecified atom stereocenters. The number of aromatic nitrogens is 1. The van der Waals surface area contributed by atoms with Crippen LogP contribution in [0.4, 0.5) is 5.69 Å². The number of esters is 1. The number of nitrogens with one attached hydrogen (secondary N) is 2. The minimum Gasteiger partial charge on any atom is -0.465 e. The van der Waals surface area contributed by atoms with Gasteiger partial charge in [-0.15, -0.1) is 0 Å². The summed E-state index contributed by atoms with van der Waals surface area (Å²) in [5.74, 6) is -0.713. The lowest BCUT2D eigenvalue weighted by Gasteiger charge is -2.09. The van der Waals surface area contributed by atoms with Crippen LogP contribution in [0.5, 0.6) is 0 Å². The maximum absolute atomic E-state index is 12.4. The van der Waals surface area contributed by atoms with Gasteiger partial charge in [0.2, 0.25) is 5.91 Å². The van der Waals surface area contributed by atoms with Crippen LogP contribution in [0.15, 0.2) is 48.7 Å². The predicted octanol–water partition coefficient (Wildman–Crippen LogP) is 3.79. The predicted molar refractivity (Wildman–Crippen MR) is 93.4 cm³/mol. The first-order valence-electron chi connectivity index (χ1n) is 7.31. The standard InChI is InChI=1S/C18H15ClN2O3/c1-24-18(23)14-4-2-3-5-15(14)21-17(22)8-11-10-20-16-9-12(19)6-7-13(11)16/h2-7,9-10,20H,8H2,1H3,(H,21,22). The summed E-state index contributed by atoms with van der Waals surface area (Å²) in [5.41, 5.74) is 2.48. The molecule has 122 valence electrons. The lowest BCUT2D eigenvalue weighted by Crippen LogP contribution is -2.17. The third-order valence-electron chi connectivity index (χ3n) is 3.69. The molecule has 1 amide bonds. The summed E-state index contributed by atoms with van der Waals surface area (Å²) in [7, 11) is 1.30. The van der Waals surface area contributed by atoms with Crippen LogP contribution >= 0.6 is 11.6 Å². The van der Waals surface area contributed by atoms with E-state index in [1.54, 1.807) is 36.5 Å². The Labute approximate surface area is 143 Å². The first-order valence-corrected chi connectivity index (χ1v) is 7.69. The van der Waals surface area contributed by atoms with E-state index < -0.39 is 5.97 Å². The third kappa shape index (κ3) is 3.26. The number of carbonyl (C=O) groups excluding carboxylic acids is 2. The number of ether oxygens (including phenoxy) is 1. The van der Waals surface area contributed by atoms with Crippen molar-refractivity contribution in [2.24, 2.45) is 0 Å². The second-order valence-corrected chi connectivity index (χ2v) is 5.70. The van der Waals surface area contributed by atoms with Crippen LogP contribution in [0.2, 0.25) is 5.02 Å². The molecule has 0 radical (unpaired) electrons. The van der Waals surface area contributed by atoms with Gasteiger partial charge in [0.1, 0.15) is 0 Å². The molecule has 1 aromatic heterocycles. The molecule has 0 spiro atoms. The molecule has 0 atom stereocenters. The topological polar surface area (TPSA) is 71.2 Å². The van der Waals surface area contributed by atoms with Gasteiger partial charge in [0.25, 0.3) is 0 Å². The second-order valence-electron chi connectivity index (χ2n) is 5.27. The molecular weight excluding hydrogens is 328 g/mol. The van der Waals surface area contributed by atoms with Crippen LogP contribution in [0.3, 0.4) is 0 Å². The molecule has 6 heteroatoms. The lowest BCUT2D eigenvalue weighted by atomic mass is 10.1. The number of amides is 1. The van der Waals surface area contributed by atoms with Crippen molar-refractivity contribution in [3.8, 4) is 0 Å². The van der Waals surface area contributed by atoms with Crippen molar-refractivity contribution in [2.75, 3.05) is 12.4 Å². The Kier molecular flexibility index (Phi) is 4.53. The highest BCUT2D eigenvalue weighted by Gasteiger charge is 2.14. The van der Waals surface area contributed by atoms with Crippen LogP contribution < -0.4 is 5.32 Å². The summed E-state index contributed by atoms with van der Waals surface area (Å²) in [6.45, 7) is 0. The first kappa shape index (κ1) is 16.1. The van der Waals surface area contributed by atoms with Crippen molar-refractivity contribution in [3.05, 3.63) is 64.8 Å². The highest BCUT2D eigenvalue weighted by molar-refractivity contribution is 6.31.